The van der Waals surface area contributed by atoms with E-state index in [-0.39, 0.29) is 5.41 Å². The van der Waals surface area contributed by atoms with Crippen molar-refractivity contribution in [2.45, 2.75) is 44.9 Å². The van der Waals surface area contributed by atoms with Gasteiger partial charge in [0, 0.05) is 19.0 Å². The summed E-state index contributed by atoms with van der Waals surface area (Å²) in [6.07, 6.45) is 2.70. The number of piperidine rings is 1. The number of amides is 1. The highest BCUT2D eigenvalue weighted by atomic mass is 16.4. The van der Waals surface area contributed by atoms with Gasteiger partial charge in [-0.15, -0.1) is 0 Å². The summed E-state index contributed by atoms with van der Waals surface area (Å²) in [5.74, 6) is 1.28. The van der Waals surface area contributed by atoms with Crippen molar-refractivity contribution in [3.8, 4) is 11.3 Å². The van der Waals surface area contributed by atoms with Crippen LogP contribution in [0.5, 0.6) is 0 Å². The Morgan fingerprint density at radius 2 is 1.83 bits per heavy atom. The van der Waals surface area contributed by atoms with E-state index in [1.807, 2.05) is 6.20 Å². The van der Waals surface area contributed by atoms with Crippen molar-refractivity contribution in [2.75, 3.05) is 13.1 Å². The number of carbonyl (C=O) groups is 1. The topological polar surface area (TPSA) is 69.2 Å². The van der Waals surface area contributed by atoms with Gasteiger partial charge in [0.05, 0.1) is 11.9 Å². The minimum absolute atomic E-state index is 0.149. The molecule has 0 saturated carbocycles. The van der Waals surface area contributed by atoms with Crippen LogP contribution in [0, 0.1) is 0 Å². The van der Waals surface area contributed by atoms with Crippen LogP contribution >= 0.6 is 0 Å². The van der Waals surface area contributed by atoms with Crippen molar-refractivity contribution in [3.63, 3.8) is 0 Å². The summed E-state index contributed by atoms with van der Waals surface area (Å²) in [6, 6.07) is 8.60. The molecule has 0 unspecified atom stereocenters. The van der Waals surface area contributed by atoms with Crippen molar-refractivity contribution in [3.05, 3.63) is 41.9 Å². The lowest BCUT2D eigenvalue weighted by atomic mass is 9.86. The molecule has 1 amide bonds. The molecule has 1 aliphatic rings. The molecule has 0 radical (unpaired) electrons. The first-order valence-electron chi connectivity index (χ1n) is 8.48. The summed E-state index contributed by atoms with van der Waals surface area (Å²) in [4.78, 5) is 20.4. The molecule has 2 N–H and O–H groups in total. The molecule has 1 aromatic carbocycles. The van der Waals surface area contributed by atoms with E-state index in [0.29, 0.717) is 19.0 Å². The summed E-state index contributed by atoms with van der Waals surface area (Å²) in [5, 5.41) is 9.03. The van der Waals surface area contributed by atoms with Crippen molar-refractivity contribution < 1.29 is 9.90 Å². The van der Waals surface area contributed by atoms with Crippen LogP contribution in [-0.4, -0.2) is 39.2 Å². The fraction of sp³-hybridized carbons (Fsp3) is 0.474. The molecule has 5 heteroatoms. The van der Waals surface area contributed by atoms with Crippen LogP contribution < -0.4 is 0 Å². The van der Waals surface area contributed by atoms with Crippen LogP contribution in [0.1, 0.15) is 50.9 Å². The summed E-state index contributed by atoms with van der Waals surface area (Å²) in [5.41, 5.74) is 3.61. The Hall–Kier alpha value is -2.30. The van der Waals surface area contributed by atoms with E-state index in [4.69, 9.17) is 5.11 Å². The zero-order chi connectivity index (χ0) is 17.3. The van der Waals surface area contributed by atoms with E-state index in [9.17, 15) is 4.79 Å². The number of aromatic nitrogens is 2. The van der Waals surface area contributed by atoms with Gasteiger partial charge in [-0.05, 0) is 29.4 Å². The zero-order valence-corrected chi connectivity index (χ0v) is 14.5. The maximum Gasteiger partial charge on any atom is 0.407 e. The second-order valence-electron chi connectivity index (χ2n) is 7.55. The first kappa shape index (κ1) is 16.6. The van der Waals surface area contributed by atoms with E-state index in [0.717, 1.165) is 29.9 Å². The Kier molecular flexibility index (Phi) is 4.35. The van der Waals surface area contributed by atoms with Crippen molar-refractivity contribution in [1.29, 1.82) is 0 Å². The normalized spacial score (nSPS) is 16.4. The van der Waals surface area contributed by atoms with Gasteiger partial charge < -0.3 is 15.0 Å². The van der Waals surface area contributed by atoms with Gasteiger partial charge in [-0.2, -0.15) is 0 Å². The number of aromatic amines is 1. The number of carboxylic acid groups (broad SMARTS) is 1. The lowest BCUT2D eigenvalue weighted by Gasteiger charge is -2.28. The highest BCUT2D eigenvalue weighted by Gasteiger charge is 2.25. The summed E-state index contributed by atoms with van der Waals surface area (Å²) in [7, 11) is 0. The Balaban J connectivity index is 1.71. The zero-order valence-electron chi connectivity index (χ0n) is 14.5. The van der Waals surface area contributed by atoms with Gasteiger partial charge >= 0.3 is 6.09 Å². The van der Waals surface area contributed by atoms with Crippen molar-refractivity contribution >= 4 is 6.09 Å². The molecule has 1 fully saturated rings. The van der Waals surface area contributed by atoms with Gasteiger partial charge in [0.15, 0.2) is 0 Å². The first-order valence-corrected chi connectivity index (χ1v) is 8.48. The van der Waals surface area contributed by atoms with Gasteiger partial charge in [-0.25, -0.2) is 9.78 Å². The Bertz CT molecular complexity index is 705. The molecule has 2 aromatic rings. The standard InChI is InChI=1S/C19H25N3O2/c1-19(2,3)15-6-4-13(5-7-15)16-12-20-17(21-16)14-8-10-22(11-9-14)18(23)24/h4-7,12,14H,8-11H2,1-3H3,(H,20,21)(H,23,24). The monoisotopic (exact) mass is 327 g/mol. The molecule has 128 valence electrons. The molecule has 0 bridgehead atoms. The minimum Gasteiger partial charge on any atom is -0.465 e. The number of nitrogens with one attached hydrogen (secondary N) is 1. The predicted molar refractivity (Wildman–Crippen MR) is 94.3 cm³/mol. The number of rotatable bonds is 2. The molecule has 3 rings (SSSR count). The molecular weight excluding hydrogens is 302 g/mol. The van der Waals surface area contributed by atoms with Gasteiger partial charge in [-0.1, -0.05) is 45.0 Å². The molecule has 1 aliphatic heterocycles. The second kappa shape index (κ2) is 6.30. The van der Waals surface area contributed by atoms with Gasteiger partial charge in [0.25, 0.3) is 0 Å². The SMILES string of the molecule is CC(C)(C)c1ccc(-c2cnc(C3CCN(C(=O)O)CC3)[nH]2)cc1. The molecule has 5 nitrogen and oxygen atoms in total. The van der Waals surface area contributed by atoms with Gasteiger partial charge in [0.2, 0.25) is 0 Å². The molecule has 0 atom stereocenters. The predicted octanol–water partition coefficient (Wildman–Crippen LogP) is 4.23. The molecular formula is C19H25N3O2. The van der Waals surface area contributed by atoms with E-state index in [2.05, 4.69) is 55.0 Å². The quantitative estimate of drug-likeness (QED) is 0.867. The Morgan fingerprint density at radius 3 is 2.38 bits per heavy atom. The number of benzene rings is 1. The van der Waals surface area contributed by atoms with E-state index in [1.54, 1.807) is 0 Å². The fourth-order valence-electron chi connectivity index (χ4n) is 3.18. The third-order valence-corrected chi connectivity index (χ3v) is 4.81. The minimum atomic E-state index is -0.826. The number of H-pyrrole nitrogens is 1. The molecule has 2 heterocycles. The Morgan fingerprint density at radius 1 is 1.21 bits per heavy atom. The number of nitrogens with zero attached hydrogens (tertiary/aromatic N) is 2. The number of imidazole rings is 1. The highest BCUT2D eigenvalue weighted by molar-refractivity contribution is 5.65. The maximum absolute atomic E-state index is 11.0. The molecule has 24 heavy (non-hydrogen) atoms. The Labute approximate surface area is 142 Å². The lowest BCUT2D eigenvalue weighted by molar-refractivity contribution is 0.131. The smallest absolute Gasteiger partial charge is 0.407 e. The molecule has 0 aliphatic carbocycles. The largest absolute Gasteiger partial charge is 0.465 e. The van der Waals surface area contributed by atoms with Crippen LogP contribution in [-0.2, 0) is 5.41 Å². The van der Waals surface area contributed by atoms with Crippen LogP contribution in [0.3, 0.4) is 0 Å². The average Bonchev–Trinajstić information content (AvgIpc) is 3.04. The third-order valence-electron chi connectivity index (χ3n) is 4.81. The maximum atomic E-state index is 11.0. The molecule has 1 aromatic heterocycles. The number of hydrogen-bond donors (Lipinski definition) is 2. The van der Waals surface area contributed by atoms with Crippen LogP contribution in [0.2, 0.25) is 0 Å². The van der Waals surface area contributed by atoms with Crippen LogP contribution in [0.15, 0.2) is 30.5 Å². The first-order chi connectivity index (χ1) is 11.3. The molecule has 0 spiro atoms. The van der Waals surface area contributed by atoms with E-state index >= 15 is 0 Å². The van der Waals surface area contributed by atoms with Crippen LogP contribution in [0.25, 0.3) is 11.3 Å². The second-order valence-corrected chi connectivity index (χ2v) is 7.55. The third kappa shape index (κ3) is 3.45. The van der Waals surface area contributed by atoms with Crippen LogP contribution in [0.4, 0.5) is 4.79 Å². The summed E-state index contributed by atoms with van der Waals surface area (Å²) < 4.78 is 0. The lowest BCUT2D eigenvalue weighted by Crippen LogP contribution is -2.37. The number of likely N-dealkylation sites (tertiary alicyclic amines) is 1. The van der Waals surface area contributed by atoms with Crippen molar-refractivity contribution in [1.82, 2.24) is 14.9 Å². The molecule has 1 saturated heterocycles. The fourth-order valence-corrected chi connectivity index (χ4v) is 3.18. The number of hydrogen-bond acceptors (Lipinski definition) is 2. The summed E-state index contributed by atoms with van der Waals surface area (Å²) >= 11 is 0. The van der Waals surface area contributed by atoms with Gasteiger partial charge in [0.1, 0.15) is 5.82 Å². The average molecular weight is 327 g/mol. The van der Waals surface area contributed by atoms with E-state index in [1.165, 1.54) is 10.5 Å². The highest BCUT2D eigenvalue weighted by Crippen LogP contribution is 2.29. The summed E-state index contributed by atoms with van der Waals surface area (Å²) in [6.45, 7) is 7.78. The van der Waals surface area contributed by atoms with E-state index < -0.39 is 6.09 Å². The van der Waals surface area contributed by atoms with Gasteiger partial charge in [-0.3, -0.25) is 0 Å². The van der Waals surface area contributed by atoms with Crippen molar-refractivity contribution in [2.24, 2.45) is 0 Å².